The summed E-state index contributed by atoms with van der Waals surface area (Å²) >= 11 is 0. The maximum Gasteiger partial charge on any atom is 0.334 e. The number of urea groups is 1. The second-order valence-corrected chi connectivity index (χ2v) is 3.66. The van der Waals surface area contributed by atoms with E-state index in [-0.39, 0.29) is 18.5 Å². The highest BCUT2D eigenvalue weighted by Gasteiger charge is 2.25. The van der Waals surface area contributed by atoms with Crippen LogP contribution < -0.4 is 5.84 Å². The van der Waals surface area contributed by atoms with Crippen molar-refractivity contribution < 1.29 is 9.59 Å². The molecule has 15 heavy (non-hydrogen) atoms. The van der Waals surface area contributed by atoms with E-state index in [1.54, 1.807) is 11.9 Å². The molecule has 0 saturated carbocycles. The minimum Gasteiger partial charge on any atom is -0.345 e. The molecular formula is C9H18N4O2. The van der Waals surface area contributed by atoms with Crippen LogP contribution in [0.4, 0.5) is 4.79 Å². The second kappa shape index (κ2) is 4.97. The summed E-state index contributed by atoms with van der Waals surface area (Å²) in [5.41, 5.74) is 0. The Morgan fingerprint density at radius 2 is 2.20 bits per heavy atom. The second-order valence-electron chi connectivity index (χ2n) is 3.66. The summed E-state index contributed by atoms with van der Waals surface area (Å²) in [5.74, 6) is 5.42. The lowest BCUT2D eigenvalue weighted by molar-refractivity contribution is -0.130. The SMILES string of the molecule is CCN(C)C(=O)CN1CCCN(N)C1=O. The summed E-state index contributed by atoms with van der Waals surface area (Å²) in [6, 6.07) is -0.265. The van der Waals surface area contributed by atoms with E-state index in [9.17, 15) is 9.59 Å². The Kier molecular flexibility index (Phi) is 3.90. The van der Waals surface area contributed by atoms with E-state index in [0.717, 1.165) is 11.4 Å². The van der Waals surface area contributed by atoms with Crippen LogP contribution in [-0.4, -0.2) is 60.0 Å². The summed E-state index contributed by atoms with van der Waals surface area (Å²) in [6.07, 6.45) is 0.811. The molecule has 0 aromatic rings. The van der Waals surface area contributed by atoms with Crippen LogP contribution in [0.2, 0.25) is 0 Å². The first-order valence-corrected chi connectivity index (χ1v) is 5.11. The number of carbonyl (C=O) groups excluding carboxylic acids is 2. The molecule has 1 saturated heterocycles. The van der Waals surface area contributed by atoms with Gasteiger partial charge in [-0.1, -0.05) is 0 Å². The molecule has 1 aliphatic heterocycles. The van der Waals surface area contributed by atoms with Crippen molar-refractivity contribution >= 4 is 11.9 Å². The first-order chi connectivity index (χ1) is 7.06. The van der Waals surface area contributed by atoms with E-state index < -0.39 is 0 Å². The number of likely N-dealkylation sites (N-methyl/N-ethyl adjacent to an activating group) is 1. The smallest absolute Gasteiger partial charge is 0.334 e. The normalized spacial score (nSPS) is 16.9. The number of hydrogen-bond acceptors (Lipinski definition) is 3. The first kappa shape index (κ1) is 11.8. The molecular weight excluding hydrogens is 196 g/mol. The summed E-state index contributed by atoms with van der Waals surface area (Å²) in [4.78, 5) is 26.2. The van der Waals surface area contributed by atoms with Crippen molar-refractivity contribution in [2.45, 2.75) is 13.3 Å². The third-order valence-electron chi connectivity index (χ3n) is 2.57. The van der Waals surface area contributed by atoms with Gasteiger partial charge >= 0.3 is 6.03 Å². The Balaban J connectivity index is 2.50. The Morgan fingerprint density at radius 1 is 1.53 bits per heavy atom. The Bertz CT molecular complexity index is 256. The van der Waals surface area contributed by atoms with Gasteiger partial charge in [0, 0.05) is 26.7 Å². The van der Waals surface area contributed by atoms with Gasteiger partial charge in [0.25, 0.3) is 0 Å². The number of nitrogens with two attached hydrogens (primary N) is 1. The average Bonchev–Trinajstić information content (AvgIpc) is 2.23. The molecule has 6 heteroatoms. The van der Waals surface area contributed by atoms with Crippen molar-refractivity contribution in [2.24, 2.45) is 5.84 Å². The molecule has 0 radical (unpaired) electrons. The highest BCUT2D eigenvalue weighted by molar-refractivity contribution is 5.84. The molecule has 0 aromatic heterocycles. The molecule has 3 amide bonds. The van der Waals surface area contributed by atoms with Crippen molar-refractivity contribution in [3.05, 3.63) is 0 Å². The highest BCUT2D eigenvalue weighted by atomic mass is 16.2. The number of rotatable bonds is 3. The monoisotopic (exact) mass is 214 g/mol. The Morgan fingerprint density at radius 3 is 2.80 bits per heavy atom. The van der Waals surface area contributed by atoms with E-state index >= 15 is 0 Å². The van der Waals surface area contributed by atoms with Crippen LogP contribution in [0.15, 0.2) is 0 Å². The zero-order valence-corrected chi connectivity index (χ0v) is 9.27. The largest absolute Gasteiger partial charge is 0.345 e. The summed E-state index contributed by atoms with van der Waals surface area (Å²) < 4.78 is 0. The van der Waals surface area contributed by atoms with Gasteiger partial charge in [0.05, 0.1) is 0 Å². The van der Waals surface area contributed by atoms with Crippen LogP contribution in [0.5, 0.6) is 0 Å². The highest BCUT2D eigenvalue weighted by Crippen LogP contribution is 2.05. The fraction of sp³-hybridized carbons (Fsp3) is 0.778. The predicted molar refractivity (Wildman–Crippen MR) is 55.8 cm³/mol. The van der Waals surface area contributed by atoms with E-state index in [1.807, 2.05) is 6.92 Å². The zero-order valence-electron chi connectivity index (χ0n) is 9.27. The molecule has 0 unspecified atom stereocenters. The maximum absolute atomic E-state index is 11.6. The number of amides is 3. The van der Waals surface area contributed by atoms with E-state index in [2.05, 4.69) is 0 Å². The van der Waals surface area contributed by atoms with Gasteiger partial charge in [0.1, 0.15) is 6.54 Å². The topological polar surface area (TPSA) is 69.9 Å². The van der Waals surface area contributed by atoms with Gasteiger partial charge in [-0.3, -0.25) is 9.80 Å². The summed E-state index contributed by atoms with van der Waals surface area (Å²) in [6.45, 7) is 3.83. The molecule has 1 fully saturated rings. The van der Waals surface area contributed by atoms with Crippen LogP contribution in [0.1, 0.15) is 13.3 Å². The number of nitrogens with zero attached hydrogens (tertiary/aromatic N) is 3. The fourth-order valence-corrected chi connectivity index (χ4v) is 1.41. The third kappa shape index (κ3) is 2.82. The molecule has 0 spiro atoms. The number of hydrogen-bond donors (Lipinski definition) is 1. The van der Waals surface area contributed by atoms with Crippen molar-refractivity contribution in [1.29, 1.82) is 0 Å². The number of hydrazine groups is 1. The number of carbonyl (C=O) groups is 2. The van der Waals surface area contributed by atoms with Crippen LogP contribution >= 0.6 is 0 Å². The van der Waals surface area contributed by atoms with Crippen LogP contribution in [0, 0.1) is 0 Å². The molecule has 1 rings (SSSR count). The average molecular weight is 214 g/mol. The van der Waals surface area contributed by atoms with E-state index in [4.69, 9.17) is 5.84 Å². The third-order valence-corrected chi connectivity index (χ3v) is 2.57. The Hall–Kier alpha value is -1.30. The lowest BCUT2D eigenvalue weighted by Gasteiger charge is -2.33. The van der Waals surface area contributed by atoms with Crippen molar-refractivity contribution in [3.8, 4) is 0 Å². The van der Waals surface area contributed by atoms with Crippen molar-refractivity contribution in [2.75, 3.05) is 33.2 Å². The van der Waals surface area contributed by atoms with Gasteiger partial charge in [-0.2, -0.15) is 0 Å². The van der Waals surface area contributed by atoms with Gasteiger partial charge in [-0.15, -0.1) is 0 Å². The molecule has 0 aliphatic carbocycles. The summed E-state index contributed by atoms with van der Waals surface area (Å²) in [7, 11) is 1.72. The van der Waals surface area contributed by atoms with Gasteiger partial charge in [-0.05, 0) is 13.3 Å². The minimum atomic E-state index is -0.265. The molecule has 86 valence electrons. The first-order valence-electron chi connectivity index (χ1n) is 5.11. The van der Waals surface area contributed by atoms with Crippen LogP contribution in [-0.2, 0) is 4.79 Å². The van der Waals surface area contributed by atoms with Gasteiger partial charge in [0.2, 0.25) is 5.91 Å². The molecule has 1 heterocycles. The lowest BCUT2D eigenvalue weighted by atomic mass is 10.3. The molecule has 6 nitrogen and oxygen atoms in total. The summed E-state index contributed by atoms with van der Waals surface area (Å²) in [5, 5.41) is 1.16. The molecule has 0 aromatic carbocycles. The molecule has 1 aliphatic rings. The molecule has 2 N–H and O–H groups in total. The van der Waals surface area contributed by atoms with Gasteiger partial charge in [0.15, 0.2) is 0 Å². The predicted octanol–water partition coefficient (Wildman–Crippen LogP) is -0.534. The quantitative estimate of drug-likeness (QED) is 0.507. The van der Waals surface area contributed by atoms with Crippen molar-refractivity contribution in [3.63, 3.8) is 0 Å². The van der Waals surface area contributed by atoms with Crippen LogP contribution in [0.25, 0.3) is 0 Å². The lowest BCUT2D eigenvalue weighted by Crippen LogP contribution is -2.54. The fourth-order valence-electron chi connectivity index (χ4n) is 1.41. The zero-order chi connectivity index (χ0) is 11.4. The standard InChI is InChI=1S/C9H18N4O2/c1-3-11(2)8(14)7-12-5-4-6-13(10)9(12)15/h3-7,10H2,1-2H3. The maximum atomic E-state index is 11.6. The van der Waals surface area contributed by atoms with E-state index in [1.165, 1.54) is 4.90 Å². The van der Waals surface area contributed by atoms with E-state index in [0.29, 0.717) is 19.6 Å². The minimum absolute atomic E-state index is 0.0545. The molecule has 0 bridgehead atoms. The van der Waals surface area contributed by atoms with Crippen LogP contribution in [0.3, 0.4) is 0 Å². The Labute approximate surface area is 89.6 Å². The van der Waals surface area contributed by atoms with Gasteiger partial charge < -0.3 is 9.80 Å². The van der Waals surface area contributed by atoms with Gasteiger partial charge in [-0.25, -0.2) is 10.6 Å². The van der Waals surface area contributed by atoms with Crippen molar-refractivity contribution in [1.82, 2.24) is 14.8 Å². The molecule has 0 atom stereocenters.